The predicted octanol–water partition coefficient (Wildman–Crippen LogP) is 6.88. The third-order valence-corrected chi connectivity index (χ3v) is 11.7. The molecule has 0 unspecified atom stereocenters. The molecule has 1 N–H and O–H groups in total. The molecule has 0 spiro atoms. The lowest BCUT2D eigenvalue weighted by Gasteiger charge is -2.55. The summed E-state index contributed by atoms with van der Waals surface area (Å²) in [5.41, 5.74) is 4.60. The van der Waals surface area contributed by atoms with Crippen molar-refractivity contribution in [2.24, 2.45) is 11.3 Å². The Labute approximate surface area is 277 Å². The van der Waals surface area contributed by atoms with Gasteiger partial charge in [-0.1, -0.05) is 12.1 Å². The third kappa shape index (κ3) is 6.56. The molecule has 9 nitrogen and oxygen atoms in total. The summed E-state index contributed by atoms with van der Waals surface area (Å²) in [7, 11) is 3.26. The largest absolute Gasteiger partial charge is 0.496 e. The maximum absolute atomic E-state index is 14.5. The standard InChI is InChI=1S/C38H48N4O5/c1-25-20-29(8-11-32(25)46-3)38-16-13-37(14-17-38,15-18-38)24-42(36(44)27-6-9-30(10-7-27)40-34(43)23-45-2)33-21-28(12-19-39-33)31-22-47-35(41-31)26-4-5-26/h8,11-12,19-22,26-27,30H,4-7,9-10,13-18,23-24H2,1-3H3,(H,40,43)/t27-,30-,37?,38?. The molecule has 5 saturated carbocycles. The van der Waals surface area contributed by atoms with Gasteiger partial charge in [-0.05, 0) is 124 Å². The van der Waals surface area contributed by atoms with Gasteiger partial charge in [-0.15, -0.1) is 0 Å². The number of nitrogens with one attached hydrogen (secondary N) is 1. The van der Waals surface area contributed by atoms with Gasteiger partial charge in [0.25, 0.3) is 0 Å². The zero-order valence-corrected chi connectivity index (χ0v) is 28.1. The normalized spacial score (nSPS) is 27.0. The first-order valence-electron chi connectivity index (χ1n) is 17.5. The fourth-order valence-corrected chi connectivity index (χ4v) is 8.52. The Morgan fingerprint density at radius 3 is 2.38 bits per heavy atom. The van der Waals surface area contributed by atoms with Crippen LogP contribution in [0, 0.1) is 18.3 Å². The quantitative estimate of drug-likeness (QED) is 0.244. The Bertz CT molecular complexity index is 1580. The van der Waals surface area contributed by atoms with E-state index in [0.717, 1.165) is 99.9 Å². The maximum Gasteiger partial charge on any atom is 0.246 e. The Morgan fingerprint density at radius 1 is 0.979 bits per heavy atom. The van der Waals surface area contributed by atoms with Gasteiger partial charge in [-0.3, -0.25) is 14.5 Å². The SMILES string of the molecule is COCC(=O)N[C@H]1CC[C@H](C(=O)N(CC23CCC(c4ccc(OC)c(C)c4)(CC2)CC3)c2cc(-c3coc(C4CC4)n3)ccn2)CC1. The van der Waals surface area contributed by atoms with Crippen molar-refractivity contribution in [1.29, 1.82) is 0 Å². The van der Waals surface area contributed by atoms with Crippen molar-refractivity contribution in [3.63, 3.8) is 0 Å². The second-order valence-corrected chi connectivity index (χ2v) is 14.7. The molecule has 0 atom stereocenters. The van der Waals surface area contributed by atoms with Crippen LogP contribution < -0.4 is 15.0 Å². The number of benzene rings is 1. The van der Waals surface area contributed by atoms with Gasteiger partial charge in [0, 0.05) is 43.3 Å². The maximum atomic E-state index is 14.5. The van der Waals surface area contributed by atoms with Crippen LogP contribution in [-0.2, 0) is 19.7 Å². The molecular weight excluding hydrogens is 592 g/mol. The van der Waals surface area contributed by atoms with E-state index in [2.05, 4.69) is 30.4 Å². The average Bonchev–Trinajstić information content (AvgIpc) is 3.84. The number of pyridine rings is 1. The van der Waals surface area contributed by atoms with E-state index in [-0.39, 0.29) is 41.2 Å². The molecule has 1 aromatic carbocycles. The number of rotatable bonds is 11. The van der Waals surface area contributed by atoms with Crippen molar-refractivity contribution in [2.45, 2.75) is 101 Å². The molecule has 47 heavy (non-hydrogen) atoms. The van der Waals surface area contributed by atoms with Crippen LogP contribution in [0.2, 0.25) is 0 Å². The highest BCUT2D eigenvalue weighted by Gasteiger charge is 2.51. The number of carbonyl (C=O) groups excluding carboxylic acids is 2. The van der Waals surface area contributed by atoms with Crippen LogP contribution in [0.3, 0.4) is 0 Å². The van der Waals surface area contributed by atoms with Crippen molar-refractivity contribution in [3.05, 3.63) is 59.8 Å². The summed E-state index contributed by atoms with van der Waals surface area (Å²) in [6, 6.07) is 10.8. The Kier molecular flexibility index (Phi) is 8.85. The molecule has 250 valence electrons. The highest BCUT2D eigenvalue weighted by molar-refractivity contribution is 5.95. The van der Waals surface area contributed by atoms with Crippen LogP contribution in [0.4, 0.5) is 5.82 Å². The summed E-state index contributed by atoms with van der Waals surface area (Å²) in [4.78, 5) is 38.3. The molecule has 3 aromatic rings. The van der Waals surface area contributed by atoms with Crippen molar-refractivity contribution in [1.82, 2.24) is 15.3 Å². The first kappa shape index (κ1) is 31.9. The second-order valence-electron chi connectivity index (χ2n) is 14.7. The second kappa shape index (κ2) is 13.1. The van der Waals surface area contributed by atoms with Gasteiger partial charge in [0.05, 0.1) is 7.11 Å². The Hall–Kier alpha value is -3.72. The molecular formula is C38H48N4O5. The number of hydrogen-bond donors (Lipinski definition) is 1. The summed E-state index contributed by atoms with van der Waals surface area (Å²) in [6.07, 6.45) is 15.5. The molecule has 2 heterocycles. The van der Waals surface area contributed by atoms with Gasteiger partial charge in [-0.25, -0.2) is 9.97 Å². The average molecular weight is 641 g/mol. The molecule has 5 aliphatic carbocycles. The molecule has 8 rings (SSSR count). The lowest BCUT2D eigenvalue weighted by molar-refractivity contribution is -0.126. The topological polar surface area (TPSA) is 107 Å². The number of fused-ring (bicyclic) bond motifs is 3. The monoisotopic (exact) mass is 640 g/mol. The molecule has 2 bridgehead atoms. The zero-order chi connectivity index (χ0) is 32.6. The summed E-state index contributed by atoms with van der Waals surface area (Å²) >= 11 is 0. The van der Waals surface area contributed by atoms with Gasteiger partial charge >= 0.3 is 0 Å². The van der Waals surface area contributed by atoms with Gasteiger partial charge in [0.15, 0.2) is 5.89 Å². The van der Waals surface area contributed by atoms with Gasteiger partial charge in [-0.2, -0.15) is 0 Å². The van der Waals surface area contributed by atoms with Crippen LogP contribution >= 0.6 is 0 Å². The number of hydrogen-bond acceptors (Lipinski definition) is 7. The number of oxazole rings is 1. The minimum atomic E-state index is -0.102. The highest BCUT2D eigenvalue weighted by Crippen LogP contribution is 2.58. The molecule has 2 amide bonds. The Balaban J connectivity index is 1.11. The van der Waals surface area contributed by atoms with E-state index in [4.69, 9.17) is 23.9 Å². The zero-order valence-electron chi connectivity index (χ0n) is 28.1. The van der Waals surface area contributed by atoms with E-state index >= 15 is 0 Å². The minimum absolute atomic E-state index is 0.0593. The van der Waals surface area contributed by atoms with Gasteiger partial charge in [0.1, 0.15) is 30.1 Å². The van der Waals surface area contributed by atoms with Gasteiger partial charge in [0.2, 0.25) is 11.8 Å². The summed E-state index contributed by atoms with van der Waals surface area (Å²) in [5.74, 6) is 2.82. The fraction of sp³-hybridized carbons (Fsp3) is 0.579. The summed E-state index contributed by atoms with van der Waals surface area (Å²) < 4.78 is 16.3. The van der Waals surface area contributed by atoms with E-state index in [1.807, 2.05) is 17.0 Å². The lowest BCUT2D eigenvalue weighted by Crippen LogP contribution is -2.52. The fourth-order valence-electron chi connectivity index (χ4n) is 8.52. The molecule has 5 aliphatic rings. The van der Waals surface area contributed by atoms with E-state index in [0.29, 0.717) is 18.3 Å². The number of aryl methyl sites for hydroxylation is 1. The van der Waals surface area contributed by atoms with E-state index in [1.54, 1.807) is 19.6 Å². The first-order valence-corrected chi connectivity index (χ1v) is 17.5. The van der Waals surface area contributed by atoms with Crippen molar-refractivity contribution in [2.75, 3.05) is 32.3 Å². The first-order chi connectivity index (χ1) is 22.8. The predicted molar refractivity (Wildman–Crippen MR) is 179 cm³/mol. The van der Waals surface area contributed by atoms with Crippen LogP contribution in [0.1, 0.15) is 100.0 Å². The summed E-state index contributed by atoms with van der Waals surface area (Å²) in [5, 5.41) is 3.07. The van der Waals surface area contributed by atoms with E-state index in [9.17, 15) is 9.59 Å². The van der Waals surface area contributed by atoms with Crippen LogP contribution in [0.5, 0.6) is 5.75 Å². The molecule has 2 aromatic heterocycles. The van der Waals surface area contributed by atoms with Crippen LogP contribution in [0.25, 0.3) is 11.3 Å². The van der Waals surface area contributed by atoms with Crippen molar-refractivity contribution >= 4 is 17.6 Å². The third-order valence-electron chi connectivity index (χ3n) is 11.7. The van der Waals surface area contributed by atoms with Crippen LogP contribution in [-0.4, -0.2) is 55.2 Å². The van der Waals surface area contributed by atoms with Crippen molar-refractivity contribution < 1.29 is 23.5 Å². The number of methoxy groups -OCH3 is 2. The highest BCUT2D eigenvalue weighted by atomic mass is 16.5. The van der Waals surface area contributed by atoms with Gasteiger partial charge < -0.3 is 19.2 Å². The molecule has 9 heteroatoms. The van der Waals surface area contributed by atoms with E-state index < -0.39 is 0 Å². The van der Waals surface area contributed by atoms with Crippen molar-refractivity contribution in [3.8, 4) is 17.0 Å². The Morgan fingerprint density at radius 2 is 1.72 bits per heavy atom. The molecule has 0 aliphatic heterocycles. The number of anilines is 1. The van der Waals surface area contributed by atoms with Crippen LogP contribution in [0.15, 0.2) is 47.2 Å². The number of carbonyl (C=O) groups is 2. The minimum Gasteiger partial charge on any atom is -0.496 e. The lowest BCUT2D eigenvalue weighted by atomic mass is 9.51. The van der Waals surface area contributed by atoms with E-state index in [1.165, 1.54) is 18.2 Å². The number of ether oxygens (including phenoxy) is 2. The number of nitrogens with zero attached hydrogens (tertiary/aromatic N) is 3. The smallest absolute Gasteiger partial charge is 0.246 e. The molecule has 0 saturated heterocycles. The molecule has 0 radical (unpaired) electrons. The number of amides is 2. The number of aromatic nitrogens is 2. The summed E-state index contributed by atoms with van der Waals surface area (Å²) in [6.45, 7) is 2.87. The molecule has 5 fully saturated rings.